The first-order valence-corrected chi connectivity index (χ1v) is 8.24. The first kappa shape index (κ1) is 20.5. The fourth-order valence-corrected chi connectivity index (χ4v) is 3.03. The van der Waals surface area contributed by atoms with Crippen LogP contribution in [0.15, 0.2) is 29.3 Å². The van der Waals surface area contributed by atoms with Crippen LogP contribution in [0.2, 0.25) is 5.02 Å². The molecule has 2 N–H and O–H groups in total. The number of hydrogen-bond acceptors (Lipinski definition) is 2. The van der Waals surface area contributed by atoms with Crippen molar-refractivity contribution in [1.29, 1.82) is 0 Å². The molecule has 1 aliphatic carbocycles. The Morgan fingerprint density at radius 2 is 2.04 bits per heavy atom. The van der Waals surface area contributed by atoms with Gasteiger partial charge in [0.2, 0.25) is 0 Å². The second kappa shape index (κ2) is 10.4. The van der Waals surface area contributed by atoms with Crippen LogP contribution in [0.5, 0.6) is 0 Å². The molecule has 23 heavy (non-hydrogen) atoms. The van der Waals surface area contributed by atoms with Gasteiger partial charge in [-0.05, 0) is 36.3 Å². The van der Waals surface area contributed by atoms with E-state index < -0.39 is 0 Å². The summed E-state index contributed by atoms with van der Waals surface area (Å²) in [5.41, 5.74) is 1.45. The monoisotopic (exact) mass is 451 g/mol. The zero-order valence-corrected chi connectivity index (χ0v) is 17.0. The summed E-state index contributed by atoms with van der Waals surface area (Å²) < 4.78 is 5.24. The van der Waals surface area contributed by atoms with Gasteiger partial charge in [0, 0.05) is 38.9 Å². The quantitative estimate of drug-likeness (QED) is 0.376. The Hall–Kier alpha value is -0.530. The Balaban J connectivity index is 0.00000264. The largest absolute Gasteiger partial charge is 0.385 e. The average Bonchev–Trinajstić information content (AvgIpc) is 2.50. The predicted molar refractivity (Wildman–Crippen MR) is 108 cm³/mol. The van der Waals surface area contributed by atoms with Gasteiger partial charge in [0.1, 0.15) is 0 Å². The number of ether oxygens (including phenoxy) is 1. The van der Waals surface area contributed by atoms with Gasteiger partial charge in [-0.15, -0.1) is 24.0 Å². The Morgan fingerprint density at radius 1 is 1.30 bits per heavy atom. The van der Waals surface area contributed by atoms with Crippen molar-refractivity contribution >= 4 is 41.5 Å². The van der Waals surface area contributed by atoms with Gasteiger partial charge in [-0.25, -0.2) is 0 Å². The zero-order chi connectivity index (χ0) is 15.8. The van der Waals surface area contributed by atoms with E-state index >= 15 is 0 Å². The van der Waals surface area contributed by atoms with Crippen molar-refractivity contribution in [2.24, 2.45) is 10.4 Å². The van der Waals surface area contributed by atoms with Crippen LogP contribution in [-0.2, 0) is 11.3 Å². The van der Waals surface area contributed by atoms with E-state index in [0.717, 1.165) is 36.1 Å². The SMILES string of the molecule is CN=C(NCc1ccccc1Cl)NCC1(CCOC)CCC1.I. The maximum Gasteiger partial charge on any atom is 0.191 e. The molecule has 4 nitrogen and oxygen atoms in total. The Morgan fingerprint density at radius 3 is 2.61 bits per heavy atom. The van der Waals surface area contributed by atoms with E-state index in [2.05, 4.69) is 15.6 Å². The number of methoxy groups -OCH3 is 1. The molecule has 0 amide bonds. The summed E-state index contributed by atoms with van der Waals surface area (Å²) in [5, 5.41) is 7.56. The second-order valence-corrected chi connectivity index (χ2v) is 6.37. The fourth-order valence-electron chi connectivity index (χ4n) is 2.82. The lowest BCUT2D eigenvalue weighted by atomic mass is 9.67. The number of hydrogen-bond donors (Lipinski definition) is 2. The van der Waals surface area contributed by atoms with Crippen LogP contribution in [0, 0.1) is 5.41 Å². The van der Waals surface area contributed by atoms with Crippen molar-refractivity contribution in [3.63, 3.8) is 0 Å². The molecule has 1 saturated carbocycles. The molecule has 0 spiro atoms. The molecule has 2 rings (SSSR count). The molecule has 1 aromatic carbocycles. The van der Waals surface area contributed by atoms with Gasteiger partial charge in [-0.3, -0.25) is 4.99 Å². The third-order valence-electron chi connectivity index (χ3n) is 4.51. The van der Waals surface area contributed by atoms with Crippen LogP contribution < -0.4 is 10.6 Å². The number of aliphatic imine (C=N–C) groups is 1. The molecule has 0 saturated heterocycles. The highest BCUT2D eigenvalue weighted by Gasteiger charge is 2.36. The maximum atomic E-state index is 6.18. The first-order chi connectivity index (χ1) is 10.7. The van der Waals surface area contributed by atoms with Crippen LogP contribution in [0.4, 0.5) is 0 Å². The average molecular weight is 452 g/mol. The number of benzene rings is 1. The van der Waals surface area contributed by atoms with Gasteiger partial charge in [0.05, 0.1) is 0 Å². The van der Waals surface area contributed by atoms with Crippen LogP contribution >= 0.6 is 35.6 Å². The van der Waals surface area contributed by atoms with Crippen LogP contribution in [0.25, 0.3) is 0 Å². The lowest BCUT2D eigenvalue weighted by Gasteiger charge is -2.42. The van der Waals surface area contributed by atoms with Crippen molar-refractivity contribution in [3.8, 4) is 0 Å². The Kier molecular flexibility index (Phi) is 9.24. The predicted octanol–water partition coefficient (Wildman–Crippen LogP) is 3.83. The maximum absolute atomic E-state index is 6.18. The van der Waals surface area contributed by atoms with Gasteiger partial charge >= 0.3 is 0 Å². The molecule has 0 aromatic heterocycles. The van der Waals surface area contributed by atoms with E-state index in [0.29, 0.717) is 12.0 Å². The van der Waals surface area contributed by atoms with Crippen LogP contribution in [0.3, 0.4) is 0 Å². The topological polar surface area (TPSA) is 45.7 Å². The second-order valence-electron chi connectivity index (χ2n) is 5.97. The summed E-state index contributed by atoms with van der Waals surface area (Å²) in [6.45, 7) is 2.44. The van der Waals surface area contributed by atoms with Crippen LogP contribution in [0.1, 0.15) is 31.2 Å². The lowest BCUT2D eigenvalue weighted by molar-refractivity contribution is 0.0732. The molecule has 0 atom stereocenters. The molecule has 6 heteroatoms. The Bertz CT molecular complexity index is 506. The van der Waals surface area contributed by atoms with E-state index in [1.807, 2.05) is 24.3 Å². The van der Waals surface area contributed by atoms with Gasteiger partial charge in [-0.1, -0.05) is 36.2 Å². The molecular weight excluding hydrogens is 425 g/mol. The number of guanidine groups is 1. The summed E-state index contributed by atoms with van der Waals surface area (Å²) in [6.07, 6.45) is 4.96. The highest BCUT2D eigenvalue weighted by atomic mass is 127. The number of nitrogens with one attached hydrogen (secondary N) is 2. The highest BCUT2D eigenvalue weighted by molar-refractivity contribution is 14.0. The van der Waals surface area contributed by atoms with Crippen molar-refractivity contribution < 1.29 is 4.74 Å². The van der Waals surface area contributed by atoms with E-state index in [4.69, 9.17) is 16.3 Å². The highest BCUT2D eigenvalue weighted by Crippen LogP contribution is 2.43. The van der Waals surface area contributed by atoms with Crippen LogP contribution in [-0.4, -0.2) is 33.3 Å². The third-order valence-corrected chi connectivity index (χ3v) is 4.88. The smallest absolute Gasteiger partial charge is 0.191 e. The van der Waals surface area contributed by atoms with Crippen molar-refractivity contribution in [3.05, 3.63) is 34.9 Å². The minimum atomic E-state index is 0. The van der Waals surface area contributed by atoms with E-state index in [1.54, 1.807) is 14.2 Å². The molecule has 0 radical (unpaired) electrons. The number of halogens is 2. The molecule has 0 bridgehead atoms. The zero-order valence-electron chi connectivity index (χ0n) is 13.9. The minimum absolute atomic E-state index is 0. The standard InChI is InChI=1S/C17H26ClN3O.HI/c1-19-16(20-12-14-6-3-4-7-15(14)18)21-13-17(8-5-9-17)10-11-22-2;/h3-4,6-7H,5,8-13H2,1-2H3,(H2,19,20,21);1H. The van der Waals surface area contributed by atoms with Crippen molar-refractivity contribution in [2.75, 3.05) is 27.3 Å². The van der Waals surface area contributed by atoms with Gasteiger partial charge in [0.15, 0.2) is 5.96 Å². The molecule has 0 unspecified atom stereocenters. The molecule has 0 aliphatic heterocycles. The van der Waals surface area contributed by atoms with Crippen molar-refractivity contribution in [1.82, 2.24) is 10.6 Å². The number of rotatable bonds is 7. The van der Waals surface area contributed by atoms with E-state index in [-0.39, 0.29) is 24.0 Å². The molecule has 1 aromatic rings. The summed E-state index contributed by atoms with van der Waals surface area (Å²) >= 11 is 6.18. The summed E-state index contributed by atoms with van der Waals surface area (Å²) in [5.74, 6) is 0.823. The normalized spacial score (nSPS) is 16.2. The fraction of sp³-hybridized carbons (Fsp3) is 0.588. The van der Waals surface area contributed by atoms with Crippen molar-refractivity contribution in [2.45, 2.75) is 32.2 Å². The minimum Gasteiger partial charge on any atom is -0.385 e. The lowest BCUT2D eigenvalue weighted by Crippen LogP contribution is -2.46. The van der Waals surface area contributed by atoms with E-state index in [9.17, 15) is 0 Å². The summed E-state index contributed by atoms with van der Waals surface area (Å²) in [6, 6.07) is 7.86. The molecule has 0 heterocycles. The Labute approximate surface area is 161 Å². The van der Waals surface area contributed by atoms with Gasteiger partial charge in [0.25, 0.3) is 0 Å². The van der Waals surface area contributed by atoms with Gasteiger partial charge < -0.3 is 15.4 Å². The first-order valence-electron chi connectivity index (χ1n) is 7.86. The van der Waals surface area contributed by atoms with E-state index in [1.165, 1.54) is 19.3 Å². The summed E-state index contributed by atoms with van der Waals surface area (Å²) in [4.78, 5) is 4.29. The molecule has 130 valence electrons. The third kappa shape index (κ3) is 6.12. The number of nitrogens with zero attached hydrogens (tertiary/aromatic N) is 1. The molecule has 1 fully saturated rings. The summed E-state index contributed by atoms with van der Waals surface area (Å²) in [7, 11) is 3.56. The molecule has 1 aliphatic rings. The molecular formula is C17H27ClIN3O. The van der Waals surface area contributed by atoms with Gasteiger partial charge in [-0.2, -0.15) is 0 Å².